The van der Waals surface area contributed by atoms with Crippen LogP contribution in [0.25, 0.3) is 5.69 Å². The molecule has 2 amide bonds. The number of rotatable bonds is 6. The second-order valence-corrected chi connectivity index (χ2v) is 7.42. The Labute approximate surface area is 180 Å². The van der Waals surface area contributed by atoms with Crippen LogP contribution in [0.3, 0.4) is 0 Å². The highest BCUT2D eigenvalue weighted by atomic mass is 35.5. The molecule has 0 radical (unpaired) electrons. The number of para-hydroxylation sites is 1. The molecule has 1 fully saturated rings. The summed E-state index contributed by atoms with van der Waals surface area (Å²) in [5, 5.41) is 11.0. The Morgan fingerprint density at radius 2 is 1.90 bits per heavy atom. The molecule has 30 heavy (non-hydrogen) atoms. The summed E-state index contributed by atoms with van der Waals surface area (Å²) in [5.41, 5.74) is 3.55. The van der Waals surface area contributed by atoms with Gasteiger partial charge in [0.15, 0.2) is 0 Å². The van der Waals surface area contributed by atoms with Gasteiger partial charge in [0.1, 0.15) is 0 Å². The molecule has 0 bridgehead atoms. The van der Waals surface area contributed by atoms with Gasteiger partial charge in [-0.2, -0.15) is 5.10 Å². The highest BCUT2D eigenvalue weighted by Crippen LogP contribution is 2.29. The van der Waals surface area contributed by atoms with Crippen LogP contribution in [0.1, 0.15) is 5.69 Å². The van der Waals surface area contributed by atoms with Gasteiger partial charge in [0.25, 0.3) is 0 Å². The number of hydrogen-bond acceptors (Lipinski definition) is 4. The highest BCUT2D eigenvalue weighted by molar-refractivity contribution is 6.31. The molecule has 1 aromatic heterocycles. The predicted octanol–water partition coefficient (Wildman–Crippen LogP) is 3.73. The van der Waals surface area contributed by atoms with E-state index in [1.54, 1.807) is 6.07 Å². The lowest BCUT2D eigenvalue weighted by atomic mass is 10.2. The van der Waals surface area contributed by atoms with Gasteiger partial charge in [0.05, 0.1) is 36.0 Å². The summed E-state index contributed by atoms with van der Waals surface area (Å²) in [6.45, 7) is 3.38. The Kier molecular flexibility index (Phi) is 6.51. The molecule has 2 heterocycles. The molecule has 8 heteroatoms. The predicted molar refractivity (Wildman–Crippen MR) is 119 cm³/mol. The summed E-state index contributed by atoms with van der Waals surface area (Å²) in [6.07, 6.45) is 2.56. The van der Waals surface area contributed by atoms with Crippen molar-refractivity contribution in [2.45, 2.75) is 6.42 Å². The van der Waals surface area contributed by atoms with Crippen LogP contribution in [-0.2, 0) is 11.2 Å². The number of carbonyl (C=O) groups excluding carboxylic acids is 1. The van der Waals surface area contributed by atoms with Crippen molar-refractivity contribution in [1.82, 2.24) is 15.1 Å². The van der Waals surface area contributed by atoms with Gasteiger partial charge in [-0.25, -0.2) is 9.48 Å². The fourth-order valence-electron chi connectivity index (χ4n) is 3.38. The molecule has 2 aromatic carbocycles. The lowest BCUT2D eigenvalue weighted by Gasteiger charge is -2.30. The first-order valence-electron chi connectivity index (χ1n) is 9.96. The van der Waals surface area contributed by atoms with Crippen molar-refractivity contribution in [2.24, 2.45) is 0 Å². The molecule has 3 aromatic rings. The first-order valence-corrected chi connectivity index (χ1v) is 10.3. The molecule has 4 rings (SSSR count). The quantitative estimate of drug-likeness (QED) is 0.631. The number of anilines is 2. The zero-order chi connectivity index (χ0) is 20.8. The van der Waals surface area contributed by atoms with E-state index >= 15 is 0 Å². The van der Waals surface area contributed by atoms with E-state index in [2.05, 4.69) is 20.6 Å². The second kappa shape index (κ2) is 9.65. The molecule has 0 atom stereocenters. The van der Waals surface area contributed by atoms with Crippen molar-refractivity contribution >= 4 is 29.0 Å². The summed E-state index contributed by atoms with van der Waals surface area (Å²) < 4.78 is 7.25. The number of halogens is 1. The minimum atomic E-state index is -0.269. The molecule has 0 aliphatic carbocycles. The monoisotopic (exact) mass is 425 g/mol. The van der Waals surface area contributed by atoms with E-state index in [-0.39, 0.29) is 6.03 Å². The van der Waals surface area contributed by atoms with Gasteiger partial charge in [-0.15, -0.1) is 0 Å². The third kappa shape index (κ3) is 5.11. The number of carbonyl (C=O) groups is 1. The normalized spacial score (nSPS) is 13.8. The number of urea groups is 1. The van der Waals surface area contributed by atoms with E-state index in [1.807, 2.05) is 59.4 Å². The molecule has 7 nitrogen and oxygen atoms in total. The summed E-state index contributed by atoms with van der Waals surface area (Å²) in [4.78, 5) is 14.6. The van der Waals surface area contributed by atoms with E-state index in [1.165, 1.54) is 0 Å². The van der Waals surface area contributed by atoms with E-state index in [4.69, 9.17) is 16.3 Å². The molecule has 156 valence electrons. The number of nitrogens with one attached hydrogen (secondary N) is 2. The topological polar surface area (TPSA) is 71.4 Å². The summed E-state index contributed by atoms with van der Waals surface area (Å²) >= 11 is 6.15. The van der Waals surface area contributed by atoms with Gasteiger partial charge in [0, 0.05) is 37.3 Å². The highest BCUT2D eigenvalue weighted by Gasteiger charge is 2.16. The average Bonchev–Trinajstić information content (AvgIpc) is 3.24. The largest absolute Gasteiger partial charge is 0.378 e. The number of ether oxygens (including phenoxy) is 1. The van der Waals surface area contributed by atoms with Crippen LogP contribution in [-0.4, -0.2) is 48.7 Å². The first kappa shape index (κ1) is 20.3. The van der Waals surface area contributed by atoms with Crippen molar-refractivity contribution in [3.63, 3.8) is 0 Å². The van der Waals surface area contributed by atoms with E-state index in [0.29, 0.717) is 36.9 Å². The van der Waals surface area contributed by atoms with Gasteiger partial charge < -0.3 is 20.3 Å². The van der Waals surface area contributed by atoms with Gasteiger partial charge >= 0.3 is 6.03 Å². The molecular formula is C22H24ClN5O2. The smallest absolute Gasteiger partial charge is 0.319 e. The van der Waals surface area contributed by atoms with Crippen molar-refractivity contribution < 1.29 is 9.53 Å². The number of hydrogen-bond donors (Lipinski definition) is 2. The van der Waals surface area contributed by atoms with Gasteiger partial charge in [-0.05, 0) is 36.4 Å². The van der Waals surface area contributed by atoms with E-state index in [9.17, 15) is 4.79 Å². The van der Waals surface area contributed by atoms with Crippen LogP contribution >= 0.6 is 11.6 Å². The molecule has 1 saturated heterocycles. The fraction of sp³-hybridized carbons (Fsp3) is 0.273. The maximum atomic E-state index is 12.4. The Bertz CT molecular complexity index is 986. The standard InChI is InChI=1S/C22H24ClN5O2/c23-17-6-7-21(27-12-14-30-15-13-27)20(16-17)25-22(29)24-10-8-18-9-11-28(26-18)19-4-2-1-3-5-19/h1-7,9,11,16H,8,10,12-15H2,(H2,24,25,29). The summed E-state index contributed by atoms with van der Waals surface area (Å²) in [7, 11) is 0. The number of morpholine rings is 1. The summed E-state index contributed by atoms with van der Waals surface area (Å²) in [5.74, 6) is 0. The number of nitrogens with zero attached hydrogens (tertiary/aromatic N) is 3. The zero-order valence-corrected chi connectivity index (χ0v) is 17.3. The lowest BCUT2D eigenvalue weighted by Crippen LogP contribution is -2.37. The average molecular weight is 426 g/mol. The van der Waals surface area contributed by atoms with E-state index < -0.39 is 0 Å². The van der Waals surface area contributed by atoms with Crippen LogP contribution in [0.2, 0.25) is 5.02 Å². The van der Waals surface area contributed by atoms with Gasteiger partial charge in [0.2, 0.25) is 0 Å². The van der Waals surface area contributed by atoms with Gasteiger partial charge in [-0.1, -0.05) is 29.8 Å². The number of aromatic nitrogens is 2. The molecule has 1 aliphatic rings. The van der Waals surface area contributed by atoms with Crippen molar-refractivity contribution in [1.29, 1.82) is 0 Å². The Morgan fingerprint density at radius 3 is 2.70 bits per heavy atom. The Balaban J connectivity index is 1.32. The number of benzene rings is 2. The minimum Gasteiger partial charge on any atom is -0.378 e. The van der Waals surface area contributed by atoms with Crippen LogP contribution in [0.5, 0.6) is 0 Å². The number of amides is 2. The zero-order valence-electron chi connectivity index (χ0n) is 16.6. The maximum Gasteiger partial charge on any atom is 0.319 e. The van der Waals surface area contributed by atoms with Crippen LogP contribution in [0.15, 0.2) is 60.8 Å². The van der Waals surface area contributed by atoms with Crippen LogP contribution < -0.4 is 15.5 Å². The molecule has 2 N–H and O–H groups in total. The third-order valence-corrected chi connectivity index (χ3v) is 5.13. The lowest BCUT2D eigenvalue weighted by molar-refractivity contribution is 0.123. The summed E-state index contributed by atoms with van der Waals surface area (Å²) in [6, 6.07) is 17.1. The Hall–Kier alpha value is -3.03. The molecule has 0 unspecified atom stereocenters. The SMILES string of the molecule is O=C(NCCc1ccn(-c2ccccc2)n1)Nc1cc(Cl)ccc1N1CCOCC1. The molecule has 0 spiro atoms. The third-order valence-electron chi connectivity index (χ3n) is 4.89. The minimum absolute atomic E-state index is 0.269. The maximum absolute atomic E-state index is 12.4. The van der Waals surface area contributed by atoms with Crippen LogP contribution in [0.4, 0.5) is 16.2 Å². The van der Waals surface area contributed by atoms with Crippen molar-refractivity contribution in [3.8, 4) is 5.69 Å². The van der Waals surface area contributed by atoms with Crippen molar-refractivity contribution in [3.05, 3.63) is 71.5 Å². The fourth-order valence-corrected chi connectivity index (χ4v) is 3.55. The molecule has 1 aliphatic heterocycles. The van der Waals surface area contributed by atoms with E-state index in [0.717, 1.165) is 30.2 Å². The Morgan fingerprint density at radius 1 is 1.10 bits per heavy atom. The second-order valence-electron chi connectivity index (χ2n) is 6.98. The first-order chi connectivity index (χ1) is 14.7. The van der Waals surface area contributed by atoms with Crippen LogP contribution in [0, 0.1) is 0 Å². The molecule has 0 saturated carbocycles. The van der Waals surface area contributed by atoms with Crippen molar-refractivity contribution in [2.75, 3.05) is 43.1 Å². The molecular weight excluding hydrogens is 402 g/mol. The van der Waals surface area contributed by atoms with Gasteiger partial charge in [-0.3, -0.25) is 0 Å².